The summed E-state index contributed by atoms with van der Waals surface area (Å²) in [5, 5.41) is 25.0. The van der Waals surface area contributed by atoms with Crippen LogP contribution in [0.3, 0.4) is 0 Å². The molecule has 2 aromatic carbocycles. The molecule has 0 aliphatic heterocycles. The van der Waals surface area contributed by atoms with Crippen LogP contribution in [0.2, 0.25) is 0 Å². The van der Waals surface area contributed by atoms with Gasteiger partial charge in [-0.3, -0.25) is 0 Å². The van der Waals surface area contributed by atoms with Gasteiger partial charge in [0.15, 0.2) is 0 Å². The molecule has 1 aromatic heterocycles. The van der Waals surface area contributed by atoms with E-state index in [0.29, 0.717) is 29.8 Å². The summed E-state index contributed by atoms with van der Waals surface area (Å²) in [7, 11) is 2.55. The lowest BCUT2D eigenvalue weighted by Gasteiger charge is -2.23. The van der Waals surface area contributed by atoms with E-state index >= 15 is 0 Å². The number of pyridine rings is 1. The molecule has 1 atom stereocenters. The maximum Gasteiger partial charge on any atom is 0.135 e. The number of aryl methyl sites for hydroxylation is 1. The summed E-state index contributed by atoms with van der Waals surface area (Å²) in [5.41, 5.74) is 5.48. The van der Waals surface area contributed by atoms with Crippen molar-refractivity contribution in [2.75, 3.05) is 29.0 Å². The zero-order valence-electron chi connectivity index (χ0n) is 18.7. The van der Waals surface area contributed by atoms with Crippen LogP contribution in [-0.2, 0) is 13.0 Å². The number of aromatic hydroxyl groups is 1. The van der Waals surface area contributed by atoms with Crippen LogP contribution >= 0.6 is 21.2 Å². The van der Waals surface area contributed by atoms with Crippen molar-refractivity contribution >= 4 is 44.2 Å². The number of anilines is 2. The summed E-state index contributed by atoms with van der Waals surface area (Å²) in [6.45, 7) is 3.29. The maximum absolute atomic E-state index is 10.6. The molecule has 3 N–H and O–H groups in total. The number of aromatic nitrogens is 1. The highest BCUT2D eigenvalue weighted by atomic mass is 32.2. The molecule has 3 aromatic rings. The SMILES string of the molecule is CCc1cc(O)c(P)cc1-c1ccc(C=N)c(NCc2ccccc2N(CCN=O)SC)n1. The van der Waals surface area contributed by atoms with Crippen molar-refractivity contribution in [1.29, 1.82) is 5.41 Å². The van der Waals surface area contributed by atoms with Gasteiger partial charge in [0, 0.05) is 35.4 Å². The topological polar surface area (TPSA) is 102 Å². The second-order valence-electron chi connectivity index (χ2n) is 7.32. The molecule has 3 rings (SSSR count). The van der Waals surface area contributed by atoms with Crippen molar-refractivity contribution in [3.05, 3.63) is 70.1 Å². The molecule has 0 aliphatic carbocycles. The lowest BCUT2D eigenvalue weighted by atomic mass is 10.0. The molecular formula is C24H28N5O2PS. The summed E-state index contributed by atoms with van der Waals surface area (Å²) in [4.78, 5) is 15.4. The fourth-order valence-corrected chi connectivity index (χ4v) is 4.47. The minimum atomic E-state index is 0.217. The number of benzene rings is 2. The van der Waals surface area contributed by atoms with Crippen LogP contribution in [-0.4, -0.2) is 35.7 Å². The molecule has 33 heavy (non-hydrogen) atoms. The number of nitrogens with zero attached hydrogens (tertiary/aromatic N) is 3. The Bertz CT molecular complexity index is 1140. The lowest BCUT2D eigenvalue weighted by molar-refractivity contribution is 0.479. The van der Waals surface area contributed by atoms with E-state index in [0.717, 1.165) is 34.5 Å². The summed E-state index contributed by atoms with van der Waals surface area (Å²) < 4.78 is 2.05. The van der Waals surface area contributed by atoms with E-state index in [1.807, 2.05) is 59.9 Å². The third kappa shape index (κ3) is 5.89. The van der Waals surface area contributed by atoms with Crippen molar-refractivity contribution in [3.63, 3.8) is 0 Å². The molecule has 0 bridgehead atoms. The molecular weight excluding hydrogens is 453 g/mol. The molecule has 1 unspecified atom stereocenters. The molecule has 0 spiro atoms. The number of hydrogen-bond acceptors (Lipinski definition) is 8. The number of para-hydroxylation sites is 1. The Balaban J connectivity index is 1.93. The Labute approximate surface area is 200 Å². The van der Waals surface area contributed by atoms with E-state index in [-0.39, 0.29) is 12.3 Å². The Kier molecular flexibility index (Phi) is 8.80. The predicted octanol–water partition coefficient (Wildman–Crippen LogP) is 4.98. The van der Waals surface area contributed by atoms with Gasteiger partial charge in [-0.25, -0.2) is 4.98 Å². The van der Waals surface area contributed by atoms with Crippen LogP contribution in [0.5, 0.6) is 5.75 Å². The van der Waals surface area contributed by atoms with Gasteiger partial charge in [-0.1, -0.05) is 42.2 Å². The first-order valence-corrected chi connectivity index (χ1v) is 12.3. The van der Waals surface area contributed by atoms with E-state index in [1.54, 1.807) is 18.0 Å². The highest BCUT2D eigenvalue weighted by Gasteiger charge is 2.14. The van der Waals surface area contributed by atoms with E-state index in [9.17, 15) is 10.0 Å². The molecule has 0 amide bonds. The van der Waals surface area contributed by atoms with E-state index < -0.39 is 0 Å². The second kappa shape index (κ2) is 11.8. The van der Waals surface area contributed by atoms with Crippen LogP contribution in [0.1, 0.15) is 23.6 Å². The first-order valence-electron chi connectivity index (χ1n) is 10.6. The largest absolute Gasteiger partial charge is 0.507 e. The smallest absolute Gasteiger partial charge is 0.135 e. The van der Waals surface area contributed by atoms with Crippen molar-refractivity contribution in [3.8, 4) is 17.0 Å². The summed E-state index contributed by atoms with van der Waals surface area (Å²) in [5.74, 6) is 0.859. The zero-order valence-corrected chi connectivity index (χ0v) is 20.7. The minimum Gasteiger partial charge on any atom is -0.507 e. The van der Waals surface area contributed by atoms with Gasteiger partial charge in [-0.2, -0.15) is 4.91 Å². The maximum atomic E-state index is 10.6. The molecule has 1 heterocycles. The fourth-order valence-electron chi connectivity index (χ4n) is 3.58. The van der Waals surface area contributed by atoms with E-state index in [1.165, 1.54) is 6.21 Å². The Morgan fingerprint density at radius 3 is 2.73 bits per heavy atom. The first kappa shape index (κ1) is 24.7. The Morgan fingerprint density at radius 1 is 1.24 bits per heavy atom. The number of phenolic OH excluding ortho intramolecular Hbond substituents is 1. The summed E-state index contributed by atoms with van der Waals surface area (Å²) >= 11 is 1.55. The predicted molar refractivity (Wildman–Crippen MR) is 143 cm³/mol. The zero-order chi connectivity index (χ0) is 23.8. The van der Waals surface area contributed by atoms with E-state index in [2.05, 4.69) is 19.7 Å². The quantitative estimate of drug-likeness (QED) is 0.155. The average Bonchev–Trinajstić information content (AvgIpc) is 2.85. The highest BCUT2D eigenvalue weighted by molar-refractivity contribution is 7.99. The molecule has 7 nitrogen and oxygen atoms in total. The second-order valence-corrected chi connectivity index (χ2v) is 8.75. The van der Waals surface area contributed by atoms with Crippen LogP contribution in [0.15, 0.2) is 53.7 Å². The number of nitrogens with one attached hydrogen (secondary N) is 2. The third-order valence-electron chi connectivity index (χ3n) is 5.31. The van der Waals surface area contributed by atoms with E-state index in [4.69, 9.17) is 10.4 Å². The molecule has 0 saturated carbocycles. The molecule has 0 fully saturated rings. The van der Waals surface area contributed by atoms with Crippen molar-refractivity contribution in [1.82, 2.24) is 4.98 Å². The highest BCUT2D eigenvalue weighted by Crippen LogP contribution is 2.29. The normalized spacial score (nSPS) is 10.6. The van der Waals surface area contributed by atoms with Gasteiger partial charge in [0.1, 0.15) is 11.6 Å². The summed E-state index contributed by atoms with van der Waals surface area (Å²) in [6.07, 6.45) is 4.02. The van der Waals surface area contributed by atoms with Crippen molar-refractivity contribution < 1.29 is 5.11 Å². The van der Waals surface area contributed by atoms with Crippen LogP contribution in [0, 0.1) is 10.3 Å². The van der Waals surface area contributed by atoms with Crippen LogP contribution in [0.25, 0.3) is 11.3 Å². The number of nitroso groups, excluding NO2 is 1. The fraction of sp³-hybridized carbons (Fsp3) is 0.250. The lowest BCUT2D eigenvalue weighted by Crippen LogP contribution is -2.19. The molecule has 172 valence electrons. The van der Waals surface area contributed by atoms with Crippen LogP contribution in [0.4, 0.5) is 11.5 Å². The van der Waals surface area contributed by atoms with Gasteiger partial charge in [0.2, 0.25) is 0 Å². The van der Waals surface area contributed by atoms with Crippen molar-refractivity contribution in [2.24, 2.45) is 5.18 Å². The van der Waals surface area contributed by atoms with Gasteiger partial charge in [0.25, 0.3) is 0 Å². The van der Waals surface area contributed by atoms with Gasteiger partial charge in [-0.15, -0.1) is 9.24 Å². The van der Waals surface area contributed by atoms with Gasteiger partial charge in [-0.05, 0) is 47.9 Å². The Hall–Kier alpha value is -2.96. The molecule has 0 aliphatic rings. The van der Waals surface area contributed by atoms with Gasteiger partial charge in [0.05, 0.1) is 24.5 Å². The number of rotatable bonds is 11. The molecule has 9 heteroatoms. The average molecular weight is 482 g/mol. The standard InChI is InChI=1S/C24H28N5O2PS/c1-3-16-12-22(30)23(32)13-19(16)20-9-8-17(14-25)24(28-20)26-15-18-6-4-5-7-21(18)29(33-2)11-10-27-31/h4-9,12-14,25,30H,3,10-11,15,32H2,1-2H3,(H,26,28). The molecule has 0 radical (unpaired) electrons. The molecule has 0 saturated heterocycles. The third-order valence-corrected chi connectivity index (χ3v) is 6.60. The summed E-state index contributed by atoms with van der Waals surface area (Å²) in [6, 6.07) is 15.5. The number of phenols is 1. The number of hydrogen-bond donors (Lipinski definition) is 3. The van der Waals surface area contributed by atoms with Gasteiger partial charge >= 0.3 is 0 Å². The Morgan fingerprint density at radius 2 is 2.03 bits per heavy atom. The first-order chi connectivity index (χ1) is 16.0. The van der Waals surface area contributed by atoms with Crippen molar-refractivity contribution in [2.45, 2.75) is 19.9 Å². The van der Waals surface area contributed by atoms with Gasteiger partial charge < -0.3 is 20.1 Å². The monoisotopic (exact) mass is 481 g/mol. The minimum absolute atomic E-state index is 0.217. The van der Waals surface area contributed by atoms with Crippen LogP contribution < -0.4 is 14.9 Å².